The molecule has 9 heteroatoms. The number of phenolic OH excluding ortho intramolecular Hbond substituents is 1. The number of primary amides is 1. The molecule has 1 aliphatic heterocycles. The summed E-state index contributed by atoms with van der Waals surface area (Å²) in [7, 11) is 0. The Hall–Kier alpha value is -4.43. The molecule has 5 rings (SSSR count). The molecule has 4 aromatic rings. The number of amides is 2. The van der Waals surface area contributed by atoms with Gasteiger partial charge in [0.1, 0.15) is 11.6 Å². The highest BCUT2D eigenvalue weighted by Crippen LogP contribution is 2.25. The van der Waals surface area contributed by atoms with E-state index in [1.54, 1.807) is 12.1 Å². The van der Waals surface area contributed by atoms with Crippen molar-refractivity contribution in [1.82, 2.24) is 4.90 Å². The molecule has 7 nitrogen and oxygen atoms in total. The van der Waals surface area contributed by atoms with Crippen molar-refractivity contribution >= 4 is 46.1 Å². The molecule has 1 fully saturated rings. The number of nitrogens with zero attached hydrogens (tertiary/aromatic N) is 2. The normalized spacial score (nSPS) is 13.0. The van der Waals surface area contributed by atoms with Crippen LogP contribution in [0.1, 0.15) is 26.3 Å². The molecule has 0 radical (unpaired) electrons. The average Bonchev–Trinajstić information content (AvgIpc) is 2.94. The van der Waals surface area contributed by atoms with Crippen molar-refractivity contribution in [3.8, 4) is 5.75 Å². The van der Waals surface area contributed by atoms with Crippen molar-refractivity contribution in [3.05, 3.63) is 106 Å². The molecule has 194 valence electrons. The number of hydrogen-bond acceptors (Lipinski definition) is 5. The van der Waals surface area contributed by atoms with E-state index in [0.717, 1.165) is 22.0 Å². The van der Waals surface area contributed by atoms with Gasteiger partial charge in [-0.25, -0.2) is 4.39 Å². The van der Waals surface area contributed by atoms with E-state index in [4.69, 9.17) is 27.9 Å². The number of anilines is 1. The largest absolute Gasteiger partial charge is 0.506 e. The molecule has 0 bridgehead atoms. The van der Waals surface area contributed by atoms with Gasteiger partial charge in [0.05, 0.1) is 5.02 Å². The molecule has 1 saturated heterocycles. The summed E-state index contributed by atoms with van der Waals surface area (Å²) in [5.41, 5.74) is 7.70. The maximum atomic E-state index is 13.1. The summed E-state index contributed by atoms with van der Waals surface area (Å²) < 4.78 is 13.1. The lowest BCUT2D eigenvalue weighted by molar-refractivity contribution is 0.0748. The van der Waals surface area contributed by atoms with Crippen LogP contribution in [0.3, 0.4) is 0 Å². The molecular formula is C29H26ClFN4O3. The molecule has 0 atom stereocenters. The molecule has 2 amide bonds. The molecule has 0 aliphatic carbocycles. The summed E-state index contributed by atoms with van der Waals surface area (Å²) in [6, 6.07) is 21.9. The first kappa shape index (κ1) is 26.6. The lowest BCUT2D eigenvalue weighted by Crippen LogP contribution is -2.48. The lowest BCUT2D eigenvalue weighted by Gasteiger charge is -2.36. The molecule has 4 aromatic carbocycles. The van der Waals surface area contributed by atoms with Crippen molar-refractivity contribution in [3.63, 3.8) is 0 Å². The van der Waals surface area contributed by atoms with Crippen LogP contribution in [-0.2, 0) is 0 Å². The molecule has 0 aromatic heterocycles. The third kappa shape index (κ3) is 5.92. The Morgan fingerprint density at radius 1 is 0.921 bits per heavy atom. The Morgan fingerprint density at radius 2 is 1.58 bits per heavy atom. The predicted molar refractivity (Wildman–Crippen MR) is 148 cm³/mol. The third-order valence-corrected chi connectivity index (χ3v) is 6.64. The summed E-state index contributed by atoms with van der Waals surface area (Å²) in [6.45, 7) is 2.68. The first-order valence-corrected chi connectivity index (χ1v) is 12.3. The zero-order chi connectivity index (χ0) is 27.2. The highest BCUT2D eigenvalue weighted by Gasteiger charge is 2.24. The van der Waals surface area contributed by atoms with E-state index < -0.39 is 5.91 Å². The van der Waals surface area contributed by atoms with Crippen molar-refractivity contribution in [2.24, 2.45) is 5.73 Å². The van der Waals surface area contributed by atoms with Crippen LogP contribution in [0.4, 0.5) is 10.1 Å². The number of hydrogen-bond donors (Lipinski definition) is 3. The SMILES string of the molecule is N=Cc1ccc(C(=O)N2CCN(c3ccc(F)cc3)CC2)c2ccccc12.NC(=O)c1ccc(O)c(Cl)c1. The van der Waals surface area contributed by atoms with E-state index in [9.17, 15) is 14.0 Å². The highest BCUT2D eigenvalue weighted by atomic mass is 35.5. The van der Waals surface area contributed by atoms with E-state index in [-0.39, 0.29) is 28.1 Å². The van der Waals surface area contributed by atoms with Crippen LogP contribution in [0.5, 0.6) is 5.75 Å². The number of fused-ring (bicyclic) bond motifs is 1. The maximum Gasteiger partial charge on any atom is 0.254 e. The number of piperazine rings is 1. The van der Waals surface area contributed by atoms with Crippen LogP contribution >= 0.6 is 11.6 Å². The molecule has 38 heavy (non-hydrogen) atoms. The molecule has 0 saturated carbocycles. The first-order valence-electron chi connectivity index (χ1n) is 11.9. The molecular weight excluding hydrogens is 507 g/mol. The Labute approximate surface area is 224 Å². The van der Waals surface area contributed by atoms with Crippen LogP contribution in [0, 0.1) is 11.2 Å². The van der Waals surface area contributed by atoms with Gasteiger partial charge in [0, 0.05) is 49.2 Å². The highest BCUT2D eigenvalue weighted by molar-refractivity contribution is 6.32. The van der Waals surface area contributed by atoms with Gasteiger partial charge < -0.3 is 26.0 Å². The van der Waals surface area contributed by atoms with Crippen molar-refractivity contribution < 1.29 is 19.1 Å². The fourth-order valence-corrected chi connectivity index (χ4v) is 4.47. The van der Waals surface area contributed by atoms with Gasteiger partial charge in [0.2, 0.25) is 5.91 Å². The van der Waals surface area contributed by atoms with E-state index in [0.29, 0.717) is 31.7 Å². The van der Waals surface area contributed by atoms with Crippen molar-refractivity contribution in [2.75, 3.05) is 31.1 Å². The van der Waals surface area contributed by atoms with E-state index in [1.807, 2.05) is 41.3 Å². The standard InChI is InChI=1S/C22H20FN3O.C7H6ClNO2/c23-17-6-8-18(9-7-17)25-11-13-26(14-12-25)22(27)21-10-5-16(15-24)19-3-1-2-4-20(19)21;8-5-3-4(7(9)11)1-2-6(5)10/h1-10,15,24H,11-14H2;1-3,10H,(H2,9,11). The number of carbonyl (C=O) groups is 2. The zero-order valence-electron chi connectivity index (χ0n) is 20.4. The molecule has 1 aliphatic rings. The van der Waals surface area contributed by atoms with E-state index in [1.165, 1.54) is 36.5 Å². The lowest BCUT2D eigenvalue weighted by atomic mass is 9.99. The van der Waals surface area contributed by atoms with E-state index in [2.05, 4.69) is 4.90 Å². The van der Waals surface area contributed by atoms with Crippen LogP contribution in [-0.4, -0.2) is 54.2 Å². The van der Waals surface area contributed by atoms with Gasteiger partial charge in [0.25, 0.3) is 5.91 Å². The average molecular weight is 533 g/mol. The quantitative estimate of drug-likeness (QED) is 0.318. The molecule has 1 heterocycles. The predicted octanol–water partition coefficient (Wildman–Crippen LogP) is 5.08. The summed E-state index contributed by atoms with van der Waals surface area (Å²) in [5.74, 6) is -0.849. The van der Waals surface area contributed by atoms with Crippen LogP contribution < -0.4 is 10.6 Å². The zero-order valence-corrected chi connectivity index (χ0v) is 21.2. The Balaban J connectivity index is 0.000000257. The van der Waals surface area contributed by atoms with Gasteiger partial charge in [-0.2, -0.15) is 0 Å². The minimum atomic E-state index is -0.563. The smallest absolute Gasteiger partial charge is 0.254 e. The minimum absolute atomic E-state index is 0.0153. The number of aromatic hydroxyl groups is 1. The number of halogens is 2. The number of rotatable bonds is 4. The summed E-state index contributed by atoms with van der Waals surface area (Å²) in [4.78, 5) is 27.7. The second-order valence-electron chi connectivity index (χ2n) is 8.68. The summed E-state index contributed by atoms with van der Waals surface area (Å²) in [6.07, 6.45) is 1.32. The van der Waals surface area contributed by atoms with Crippen molar-refractivity contribution in [2.45, 2.75) is 0 Å². The van der Waals surface area contributed by atoms with Gasteiger partial charge in [-0.3, -0.25) is 9.59 Å². The second kappa shape index (κ2) is 11.7. The topological polar surface area (TPSA) is 111 Å². The Kier molecular flexibility index (Phi) is 8.23. The van der Waals surface area contributed by atoms with Gasteiger partial charge in [-0.1, -0.05) is 41.9 Å². The number of nitrogens with two attached hydrogens (primary N) is 1. The van der Waals surface area contributed by atoms with Crippen LogP contribution in [0.25, 0.3) is 10.8 Å². The molecule has 0 unspecified atom stereocenters. The number of benzene rings is 4. The maximum absolute atomic E-state index is 13.1. The first-order chi connectivity index (χ1) is 18.3. The fourth-order valence-electron chi connectivity index (χ4n) is 4.28. The summed E-state index contributed by atoms with van der Waals surface area (Å²) >= 11 is 5.50. The molecule has 0 spiro atoms. The monoisotopic (exact) mass is 532 g/mol. The van der Waals surface area contributed by atoms with Gasteiger partial charge in [-0.15, -0.1) is 0 Å². The van der Waals surface area contributed by atoms with E-state index >= 15 is 0 Å². The number of carbonyl (C=O) groups excluding carboxylic acids is 2. The van der Waals surface area contributed by atoms with Gasteiger partial charge in [-0.05, 0) is 64.9 Å². The second-order valence-corrected chi connectivity index (χ2v) is 9.09. The molecule has 4 N–H and O–H groups in total. The number of nitrogens with one attached hydrogen (secondary N) is 1. The Morgan fingerprint density at radius 3 is 2.18 bits per heavy atom. The van der Waals surface area contributed by atoms with Crippen LogP contribution in [0.2, 0.25) is 5.02 Å². The van der Waals surface area contributed by atoms with Gasteiger partial charge in [0.15, 0.2) is 0 Å². The summed E-state index contributed by atoms with van der Waals surface area (Å²) in [5, 5.41) is 18.4. The Bertz CT molecular complexity index is 1490. The minimum Gasteiger partial charge on any atom is -0.506 e. The fraction of sp³-hybridized carbons (Fsp3) is 0.138. The van der Waals surface area contributed by atoms with Gasteiger partial charge >= 0.3 is 0 Å². The number of phenols is 1. The van der Waals surface area contributed by atoms with Crippen molar-refractivity contribution in [1.29, 1.82) is 5.41 Å². The third-order valence-electron chi connectivity index (χ3n) is 6.33. The van der Waals surface area contributed by atoms with Crippen LogP contribution in [0.15, 0.2) is 78.9 Å².